The van der Waals surface area contributed by atoms with Gasteiger partial charge >= 0.3 is 5.69 Å². The Kier molecular flexibility index (Phi) is 2.82. The van der Waals surface area contributed by atoms with Crippen molar-refractivity contribution in [3.63, 3.8) is 0 Å². The normalized spacial score (nSPS) is 10.1. The first-order valence-corrected chi connectivity index (χ1v) is 3.62. The minimum absolute atomic E-state index is 0.259. The maximum absolute atomic E-state index is 10.6. The van der Waals surface area contributed by atoms with Gasteiger partial charge in [0.25, 0.3) is 0 Å². The fourth-order valence-electron chi connectivity index (χ4n) is 0.789. The topological polar surface area (TPSA) is 95.6 Å². The van der Waals surface area contributed by atoms with E-state index in [1.807, 2.05) is 6.07 Å². The van der Waals surface area contributed by atoms with Gasteiger partial charge in [0.15, 0.2) is 0 Å². The Morgan fingerprint density at radius 1 is 1.77 bits per heavy atom. The van der Waals surface area contributed by atoms with E-state index in [9.17, 15) is 4.79 Å². The molecule has 0 spiro atoms. The van der Waals surface area contributed by atoms with Gasteiger partial charge in [-0.05, 0) is 0 Å². The summed E-state index contributed by atoms with van der Waals surface area (Å²) >= 11 is 0. The van der Waals surface area contributed by atoms with Crippen LogP contribution in [0.4, 0.5) is 5.82 Å². The second-order valence-electron chi connectivity index (χ2n) is 2.32. The molecule has 1 heterocycles. The highest BCUT2D eigenvalue weighted by molar-refractivity contribution is 5.59. The summed E-state index contributed by atoms with van der Waals surface area (Å²) in [6, 6.07) is 1.95. The Morgan fingerprint density at radius 3 is 3.15 bits per heavy atom. The zero-order valence-electron chi connectivity index (χ0n) is 6.82. The first-order chi connectivity index (χ1) is 6.24. The van der Waals surface area contributed by atoms with E-state index in [0.29, 0.717) is 12.0 Å². The van der Waals surface area contributed by atoms with Crippen LogP contribution in [0, 0.1) is 11.3 Å². The van der Waals surface area contributed by atoms with Crippen LogP contribution in [0.5, 0.6) is 0 Å². The standard InChI is InChI=1S/C8H8N4O/c9-4-2-1-3-6-5-11-8(13)12-7(6)10/h1,3,5H,2H2,(H3,10,11,12,13)/b3-1+. The summed E-state index contributed by atoms with van der Waals surface area (Å²) in [4.78, 5) is 16.5. The Balaban J connectivity index is 2.91. The average Bonchev–Trinajstić information content (AvgIpc) is 2.09. The number of nitrogens with zero attached hydrogens (tertiary/aromatic N) is 2. The summed E-state index contributed by atoms with van der Waals surface area (Å²) in [7, 11) is 0. The number of nitrogens with one attached hydrogen (secondary N) is 1. The maximum atomic E-state index is 10.6. The number of allylic oxidation sites excluding steroid dienone is 1. The molecule has 0 aliphatic rings. The fraction of sp³-hybridized carbons (Fsp3) is 0.125. The molecule has 0 bridgehead atoms. The van der Waals surface area contributed by atoms with E-state index in [1.165, 1.54) is 6.20 Å². The lowest BCUT2D eigenvalue weighted by molar-refractivity contribution is 1.08. The lowest BCUT2D eigenvalue weighted by atomic mass is 10.2. The molecule has 5 heteroatoms. The summed E-state index contributed by atoms with van der Waals surface area (Å²) in [5.41, 5.74) is 5.60. The van der Waals surface area contributed by atoms with E-state index < -0.39 is 5.69 Å². The van der Waals surface area contributed by atoms with E-state index >= 15 is 0 Å². The summed E-state index contributed by atoms with van der Waals surface area (Å²) in [6.45, 7) is 0. The lowest BCUT2D eigenvalue weighted by Crippen LogP contribution is -2.12. The lowest BCUT2D eigenvalue weighted by Gasteiger charge is -1.96. The zero-order chi connectivity index (χ0) is 9.68. The molecular formula is C8H8N4O. The number of nitriles is 1. The number of hydrogen-bond acceptors (Lipinski definition) is 4. The predicted molar refractivity (Wildman–Crippen MR) is 48.5 cm³/mol. The average molecular weight is 176 g/mol. The number of aromatic nitrogens is 2. The molecule has 0 aliphatic carbocycles. The number of H-pyrrole nitrogens is 1. The number of anilines is 1. The van der Waals surface area contributed by atoms with Crippen molar-refractivity contribution in [2.45, 2.75) is 6.42 Å². The van der Waals surface area contributed by atoms with E-state index in [0.717, 1.165) is 0 Å². The first kappa shape index (κ1) is 9.00. The molecular weight excluding hydrogens is 168 g/mol. The summed E-state index contributed by atoms with van der Waals surface area (Å²) < 4.78 is 0. The van der Waals surface area contributed by atoms with Crippen LogP contribution in [0.1, 0.15) is 12.0 Å². The molecule has 13 heavy (non-hydrogen) atoms. The minimum Gasteiger partial charge on any atom is -0.385 e. The molecule has 0 aliphatic heterocycles. The van der Waals surface area contributed by atoms with Crippen LogP contribution in [0.25, 0.3) is 6.08 Å². The summed E-state index contributed by atoms with van der Waals surface area (Å²) in [5, 5.41) is 8.25. The molecule has 0 saturated heterocycles. The molecule has 1 aromatic rings. The van der Waals surface area contributed by atoms with Crippen LogP contribution < -0.4 is 11.4 Å². The van der Waals surface area contributed by atoms with Gasteiger partial charge in [-0.2, -0.15) is 5.26 Å². The molecule has 3 N–H and O–H groups in total. The molecule has 0 atom stereocenters. The Hall–Kier alpha value is -2.09. The number of nitrogen functional groups attached to an aromatic ring is 1. The smallest absolute Gasteiger partial charge is 0.346 e. The Labute approximate surface area is 74.5 Å². The van der Waals surface area contributed by atoms with Crippen LogP contribution >= 0.6 is 0 Å². The van der Waals surface area contributed by atoms with Gasteiger partial charge in [0.1, 0.15) is 5.82 Å². The van der Waals surface area contributed by atoms with Gasteiger partial charge in [-0.1, -0.05) is 12.2 Å². The van der Waals surface area contributed by atoms with Crippen molar-refractivity contribution in [2.75, 3.05) is 5.73 Å². The summed E-state index contributed by atoms with van der Waals surface area (Å²) in [6.07, 6.45) is 4.95. The first-order valence-electron chi connectivity index (χ1n) is 3.62. The van der Waals surface area contributed by atoms with Crippen molar-refractivity contribution in [1.82, 2.24) is 9.97 Å². The third-order valence-electron chi connectivity index (χ3n) is 1.38. The zero-order valence-corrected chi connectivity index (χ0v) is 6.82. The highest BCUT2D eigenvalue weighted by atomic mass is 16.1. The van der Waals surface area contributed by atoms with E-state index in [2.05, 4.69) is 9.97 Å². The molecule has 1 aromatic heterocycles. The molecule has 66 valence electrons. The van der Waals surface area contributed by atoms with Crippen LogP contribution in [-0.2, 0) is 0 Å². The highest BCUT2D eigenvalue weighted by Gasteiger charge is 1.94. The Bertz CT molecular complexity index is 413. The monoisotopic (exact) mass is 176 g/mol. The van der Waals surface area contributed by atoms with Crippen molar-refractivity contribution in [2.24, 2.45) is 0 Å². The van der Waals surface area contributed by atoms with Gasteiger partial charge in [-0.3, -0.25) is 4.98 Å². The van der Waals surface area contributed by atoms with Crippen molar-refractivity contribution < 1.29 is 0 Å². The number of hydrogen-bond donors (Lipinski definition) is 2. The minimum atomic E-state index is -0.477. The van der Waals surface area contributed by atoms with Crippen molar-refractivity contribution in [3.8, 4) is 6.07 Å². The second-order valence-corrected chi connectivity index (χ2v) is 2.32. The molecule has 0 unspecified atom stereocenters. The van der Waals surface area contributed by atoms with E-state index in [-0.39, 0.29) is 5.82 Å². The predicted octanol–water partition coefficient (Wildman–Crippen LogP) is 0.279. The van der Waals surface area contributed by atoms with Crippen LogP contribution in [0.15, 0.2) is 17.1 Å². The third kappa shape index (κ3) is 2.45. The van der Waals surface area contributed by atoms with Crippen LogP contribution in [0.3, 0.4) is 0 Å². The van der Waals surface area contributed by atoms with Crippen molar-refractivity contribution >= 4 is 11.9 Å². The largest absolute Gasteiger partial charge is 0.385 e. The van der Waals surface area contributed by atoms with Crippen LogP contribution in [-0.4, -0.2) is 9.97 Å². The van der Waals surface area contributed by atoms with Gasteiger partial charge in [-0.25, -0.2) is 9.78 Å². The van der Waals surface area contributed by atoms with Gasteiger partial charge in [0.05, 0.1) is 12.5 Å². The molecule has 0 amide bonds. The van der Waals surface area contributed by atoms with Gasteiger partial charge in [-0.15, -0.1) is 0 Å². The molecule has 0 radical (unpaired) electrons. The summed E-state index contributed by atoms with van der Waals surface area (Å²) in [5.74, 6) is 0.259. The molecule has 1 rings (SSSR count). The van der Waals surface area contributed by atoms with Gasteiger partial charge in [0, 0.05) is 11.8 Å². The Morgan fingerprint density at radius 2 is 2.54 bits per heavy atom. The quantitative estimate of drug-likeness (QED) is 0.676. The molecule has 0 saturated carbocycles. The van der Waals surface area contributed by atoms with Crippen LogP contribution in [0.2, 0.25) is 0 Å². The molecule has 5 nitrogen and oxygen atoms in total. The fourth-order valence-corrected chi connectivity index (χ4v) is 0.789. The third-order valence-corrected chi connectivity index (χ3v) is 1.38. The number of nitrogens with two attached hydrogens (primary N) is 1. The van der Waals surface area contributed by atoms with Crippen molar-refractivity contribution in [3.05, 3.63) is 28.3 Å². The van der Waals surface area contributed by atoms with E-state index in [1.54, 1.807) is 12.2 Å². The van der Waals surface area contributed by atoms with Crippen molar-refractivity contribution in [1.29, 1.82) is 5.26 Å². The van der Waals surface area contributed by atoms with Gasteiger partial charge in [0.2, 0.25) is 0 Å². The molecule has 0 fully saturated rings. The second kappa shape index (κ2) is 4.07. The maximum Gasteiger partial charge on any atom is 0.346 e. The number of aromatic amines is 1. The van der Waals surface area contributed by atoms with Gasteiger partial charge < -0.3 is 5.73 Å². The molecule has 0 aromatic carbocycles. The van der Waals surface area contributed by atoms with E-state index in [4.69, 9.17) is 11.0 Å². The highest BCUT2D eigenvalue weighted by Crippen LogP contribution is 2.05. The SMILES string of the molecule is N#CC/C=C/c1cnc(=O)[nH]c1N. The number of rotatable bonds is 2.